The number of benzene rings is 2. The van der Waals surface area contributed by atoms with Gasteiger partial charge >= 0.3 is 5.97 Å². The highest BCUT2D eigenvalue weighted by Gasteiger charge is 2.55. The van der Waals surface area contributed by atoms with Crippen molar-refractivity contribution in [2.24, 2.45) is 11.3 Å². The minimum atomic E-state index is -0.716. The molecular formula is C30H29ClN4O4. The van der Waals surface area contributed by atoms with E-state index >= 15 is 0 Å². The molecule has 0 unspecified atom stereocenters. The third-order valence-electron chi connectivity index (χ3n) is 7.99. The minimum Gasteiger partial charge on any atom is -0.481 e. The van der Waals surface area contributed by atoms with Gasteiger partial charge in [-0.15, -0.1) is 0 Å². The van der Waals surface area contributed by atoms with E-state index in [1.165, 1.54) is 0 Å². The first-order valence-corrected chi connectivity index (χ1v) is 13.6. The lowest BCUT2D eigenvalue weighted by Gasteiger charge is -2.56. The Morgan fingerprint density at radius 3 is 2.59 bits per heavy atom. The number of carboxylic acid groups (broad SMARTS) is 1. The summed E-state index contributed by atoms with van der Waals surface area (Å²) in [6.45, 7) is 2.96. The maximum absolute atomic E-state index is 13.3. The third-order valence-corrected chi connectivity index (χ3v) is 8.32. The van der Waals surface area contributed by atoms with Crippen LogP contribution in [0.4, 0.5) is 0 Å². The number of aromatic nitrogens is 3. The van der Waals surface area contributed by atoms with Gasteiger partial charge in [-0.3, -0.25) is 14.3 Å². The number of ether oxygens (including phenoxy) is 1. The zero-order valence-electron chi connectivity index (χ0n) is 21.6. The van der Waals surface area contributed by atoms with Gasteiger partial charge in [0.1, 0.15) is 0 Å². The van der Waals surface area contributed by atoms with Gasteiger partial charge in [-0.2, -0.15) is 5.10 Å². The molecule has 6 rings (SSSR count). The number of rotatable bonds is 8. The average Bonchev–Trinajstić information content (AvgIpc) is 3.30. The van der Waals surface area contributed by atoms with Crippen molar-refractivity contribution in [3.8, 4) is 17.1 Å². The van der Waals surface area contributed by atoms with Crippen LogP contribution in [-0.2, 0) is 11.3 Å². The van der Waals surface area contributed by atoms with Crippen molar-refractivity contribution >= 4 is 34.4 Å². The molecule has 0 radical (unpaired) electrons. The molecule has 2 aliphatic rings. The number of nitrogens with zero attached hydrogens (tertiary/aromatic N) is 3. The summed E-state index contributed by atoms with van der Waals surface area (Å²) in [5, 5.41) is 18.1. The number of aliphatic carboxylic acids is 1. The molecule has 2 heterocycles. The van der Waals surface area contributed by atoms with Gasteiger partial charge in [-0.25, -0.2) is 4.98 Å². The van der Waals surface area contributed by atoms with Gasteiger partial charge in [0, 0.05) is 23.1 Å². The van der Waals surface area contributed by atoms with Crippen LogP contribution in [0, 0.1) is 11.3 Å². The largest absolute Gasteiger partial charge is 0.481 e. The van der Waals surface area contributed by atoms with Crippen molar-refractivity contribution < 1.29 is 19.4 Å². The van der Waals surface area contributed by atoms with E-state index in [4.69, 9.17) is 16.3 Å². The topological polar surface area (TPSA) is 106 Å². The second-order valence-electron chi connectivity index (χ2n) is 10.7. The lowest BCUT2D eigenvalue weighted by molar-refractivity contribution is -0.155. The molecule has 0 saturated heterocycles. The van der Waals surface area contributed by atoms with E-state index in [0.717, 1.165) is 35.0 Å². The zero-order valence-corrected chi connectivity index (χ0v) is 22.3. The predicted octanol–water partition coefficient (Wildman–Crippen LogP) is 5.57. The van der Waals surface area contributed by atoms with E-state index in [9.17, 15) is 14.7 Å². The molecule has 2 aromatic heterocycles. The highest BCUT2D eigenvalue weighted by molar-refractivity contribution is 6.36. The van der Waals surface area contributed by atoms with Crippen LogP contribution < -0.4 is 10.1 Å². The van der Waals surface area contributed by atoms with Gasteiger partial charge in [0.25, 0.3) is 5.91 Å². The maximum atomic E-state index is 13.3. The van der Waals surface area contributed by atoms with E-state index in [-0.39, 0.29) is 23.3 Å². The number of carbonyl (C=O) groups is 2. The summed E-state index contributed by atoms with van der Waals surface area (Å²) < 4.78 is 7.33. The Bertz CT molecular complexity index is 1550. The number of carboxylic acids is 1. The van der Waals surface area contributed by atoms with Crippen LogP contribution in [-0.4, -0.2) is 44.4 Å². The minimum absolute atomic E-state index is 0.0525. The van der Waals surface area contributed by atoms with Crippen LogP contribution in [0.2, 0.25) is 5.02 Å². The molecule has 0 aliphatic heterocycles. The monoisotopic (exact) mass is 544 g/mol. The molecule has 0 atom stereocenters. The van der Waals surface area contributed by atoms with Crippen LogP contribution in [0.5, 0.6) is 5.88 Å². The van der Waals surface area contributed by atoms with Crippen molar-refractivity contribution in [1.82, 2.24) is 20.1 Å². The normalized spacial score (nSPS) is 21.8. The smallest absolute Gasteiger partial charge is 0.306 e. The summed E-state index contributed by atoms with van der Waals surface area (Å²) in [6.07, 6.45) is 4.77. The van der Waals surface area contributed by atoms with Gasteiger partial charge in [-0.1, -0.05) is 41.9 Å². The molecular weight excluding hydrogens is 516 g/mol. The van der Waals surface area contributed by atoms with Crippen molar-refractivity contribution in [1.29, 1.82) is 0 Å². The van der Waals surface area contributed by atoms with Crippen molar-refractivity contribution in [2.45, 2.75) is 45.2 Å². The summed E-state index contributed by atoms with van der Waals surface area (Å²) >= 11 is 6.47. The second kappa shape index (κ2) is 10.0. The standard InChI is InChI=1S/C30H29ClN4O4/c1-2-39-26-5-3-4-25(34-26)19-8-6-18(7-9-19)17-35-27-22(10-11-24(31)23(27)16-32-35)28(36)33-21-14-30(15-21)12-20(13-30)29(37)38/h3-11,16,20-21H,2,12-15,17H2,1H3,(H,33,36)(H,37,38). The highest BCUT2D eigenvalue weighted by atomic mass is 35.5. The molecule has 8 nitrogen and oxygen atoms in total. The quantitative estimate of drug-likeness (QED) is 0.300. The Balaban J connectivity index is 1.18. The molecule has 200 valence electrons. The number of amides is 1. The first-order chi connectivity index (χ1) is 18.8. The van der Waals surface area contributed by atoms with E-state index in [0.29, 0.717) is 48.0 Å². The number of halogens is 1. The van der Waals surface area contributed by atoms with Crippen molar-refractivity contribution in [3.63, 3.8) is 0 Å². The first-order valence-electron chi connectivity index (χ1n) is 13.2. The van der Waals surface area contributed by atoms with Crippen molar-refractivity contribution in [2.75, 3.05) is 6.61 Å². The molecule has 2 N–H and O–H groups in total. The zero-order chi connectivity index (χ0) is 27.1. The molecule has 2 aliphatic carbocycles. The first kappa shape index (κ1) is 25.4. The molecule has 9 heteroatoms. The summed E-state index contributed by atoms with van der Waals surface area (Å²) in [4.78, 5) is 29.1. The Morgan fingerprint density at radius 1 is 1.10 bits per heavy atom. The number of carbonyl (C=O) groups excluding carboxylic acids is 1. The number of hydrogen-bond donors (Lipinski definition) is 2. The fraction of sp³-hybridized carbons (Fsp3) is 0.333. The average molecular weight is 545 g/mol. The van der Waals surface area contributed by atoms with Crippen LogP contribution in [0.25, 0.3) is 22.2 Å². The lowest BCUT2D eigenvalue weighted by Crippen LogP contribution is -2.57. The SMILES string of the molecule is CCOc1cccc(-c2ccc(Cn3ncc4c(Cl)ccc(C(=O)NC5CC6(C5)CC(C(=O)O)C6)c43)cc2)n1. The summed E-state index contributed by atoms with van der Waals surface area (Å²) in [5.74, 6) is -0.522. The van der Waals surface area contributed by atoms with Crippen molar-refractivity contribution in [3.05, 3.63) is 76.9 Å². The maximum Gasteiger partial charge on any atom is 0.306 e. The molecule has 2 saturated carbocycles. The number of nitrogens with one attached hydrogen (secondary N) is 1. The molecule has 2 fully saturated rings. The molecule has 1 amide bonds. The van der Waals surface area contributed by atoms with Gasteiger partial charge in [0.2, 0.25) is 5.88 Å². The molecule has 0 bridgehead atoms. The van der Waals surface area contributed by atoms with E-state index in [2.05, 4.69) is 15.4 Å². The van der Waals surface area contributed by atoms with Gasteiger partial charge in [0.15, 0.2) is 0 Å². The van der Waals surface area contributed by atoms with Crippen LogP contribution in [0.15, 0.2) is 60.8 Å². The number of fused-ring (bicyclic) bond motifs is 1. The van der Waals surface area contributed by atoms with Crippen LogP contribution in [0.3, 0.4) is 0 Å². The predicted molar refractivity (Wildman–Crippen MR) is 148 cm³/mol. The molecule has 2 aromatic carbocycles. The summed E-state index contributed by atoms with van der Waals surface area (Å²) in [6, 6.07) is 17.3. The van der Waals surface area contributed by atoms with E-state index in [1.807, 2.05) is 54.1 Å². The number of hydrogen-bond acceptors (Lipinski definition) is 5. The highest BCUT2D eigenvalue weighted by Crippen LogP contribution is 2.58. The van der Waals surface area contributed by atoms with Gasteiger partial charge in [-0.05, 0) is 61.8 Å². The fourth-order valence-electron chi connectivity index (χ4n) is 6.07. The third kappa shape index (κ3) is 4.85. The van der Waals surface area contributed by atoms with Gasteiger partial charge < -0.3 is 15.2 Å². The Hall–Kier alpha value is -3.91. The number of pyridine rings is 1. The van der Waals surface area contributed by atoms with Crippen LogP contribution in [0.1, 0.15) is 48.5 Å². The van der Waals surface area contributed by atoms with Crippen LogP contribution >= 0.6 is 11.6 Å². The Morgan fingerprint density at radius 2 is 1.87 bits per heavy atom. The van der Waals surface area contributed by atoms with Gasteiger partial charge in [0.05, 0.1) is 47.1 Å². The Kier molecular flexibility index (Phi) is 6.51. The summed E-state index contributed by atoms with van der Waals surface area (Å²) in [5.41, 5.74) is 4.14. The fourth-order valence-corrected chi connectivity index (χ4v) is 6.28. The van der Waals surface area contributed by atoms with E-state index < -0.39 is 5.97 Å². The summed E-state index contributed by atoms with van der Waals surface area (Å²) in [7, 11) is 0. The molecule has 4 aromatic rings. The second-order valence-corrected chi connectivity index (χ2v) is 11.1. The Labute approximate surface area is 231 Å². The molecule has 1 spiro atoms. The lowest BCUT2D eigenvalue weighted by atomic mass is 9.50. The van der Waals surface area contributed by atoms with E-state index in [1.54, 1.807) is 18.3 Å². The molecule has 39 heavy (non-hydrogen) atoms.